The van der Waals surface area contributed by atoms with E-state index in [0.717, 1.165) is 16.0 Å². The Morgan fingerprint density at radius 2 is 2.10 bits per heavy atom. The van der Waals surface area contributed by atoms with Crippen LogP contribution in [0, 0.1) is 6.92 Å². The predicted octanol–water partition coefficient (Wildman–Crippen LogP) is 3.37. The van der Waals surface area contributed by atoms with E-state index >= 15 is 0 Å². The molecule has 20 heavy (non-hydrogen) atoms. The van der Waals surface area contributed by atoms with Crippen molar-refractivity contribution in [3.05, 3.63) is 52.4 Å². The number of fused-ring (bicyclic) bond motifs is 1. The Morgan fingerprint density at radius 1 is 1.30 bits per heavy atom. The van der Waals surface area contributed by atoms with Gasteiger partial charge in [0.25, 0.3) is 5.78 Å². The summed E-state index contributed by atoms with van der Waals surface area (Å²) in [5, 5.41) is 7.66. The smallest absolute Gasteiger partial charge is 0.254 e. The first-order valence-corrected chi connectivity index (χ1v) is 7.13. The van der Waals surface area contributed by atoms with Gasteiger partial charge in [0.2, 0.25) is 0 Å². The number of aryl methyl sites for hydroxylation is 1. The fourth-order valence-corrected chi connectivity index (χ4v) is 2.79. The first-order chi connectivity index (χ1) is 9.65. The SMILES string of the molecule is Cc1cc(NC(C)c2ccccc2Br)n2ncnc2n1. The van der Waals surface area contributed by atoms with E-state index in [1.807, 2.05) is 31.2 Å². The summed E-state index contributed by atoms with van der Waals surface area (Å²) in [7, 11) is 0. The summed E-state index contributed by atoms with van der Waals surface area (Å²) in [5.41, 5.74) is 2.10. The van der Waals surface area contributed by atoms with Gasteiger partial charge in [0.1, 0.15) is 12.1 Å². The van der Waals surface area contributed by atoms with Crippen molar-refractivity contribution in [2.75, 3.05) is 5.32 Å². The number of anilines is 1. The molecule has 3 aromatic rings. The molecule has 1 N–H and O–H groups in total. The van der Waals surface area contributed by atoms with Crippen LogP contribution in [-0.4, -0.2) is 19.6 Å². The molecule has 0 bridgehead atoms. The summed E-state index contributed by atoms with van der Waals surface area (Å²) in [4.78, 5) is 8.46. The van der Waals surface area contributed by atoms with Crippen LogP contribution in [0.3, 0.4) is 0 Å². The van der Waals surface area contributed by atoms with E-state index in [9.17, 15) is 0 Å². The molecule has 0 aliphatic carbocycles. The first-order valence-electron chi connectivity index (χ1n) is 6.33. The second-order valence-electron chi connectivity index (χ2n) is 4.64. The monoisotopic (exact) mass is 331 g/mol. The first kappa shape index (κ1) is 13.1. The number of aromatic nitrogens is 4. The molecule has 0 fully saturated rings. The Hall–Kier alpha value is -1.95. The largest absolute Gasteiger partial charge is 0.363 e. The lowest BCUT2D eigenvalue weighted by atomic mass is 10.1. The van der Waals surface area contributed by atoms with Crippen molar-refractivity contribution in [2.24, 2.45) is 0 Å². The van der Waals surface area contributed by atoms with Crippen molar-refractivity contribution in [2.45, 2.75) is 19.9 Å². The molecule has 0 saturated carbocycles. The van der Waals surface area contributed by atoms with Crippen LogP contribution in [-0.2, 0) is 0 Å². The fourth-order valence-electron chi connectivity index (χ4n) is 2.16. The average Bonchev–Trinajstić information content (AvgIpc) is 2.87. The van der Waals surface area contributed by atoms with Crippen LogP contribution in [0.2, 0.25) is 0 Å². The summed E-state index contributed by atoms with van der Waals surface area (Å²) in [6, 6.07) is 10.3. The molecule has 102 valence electrons. The lowest BCUT2D eigenvalue weighted by Gasteiger charge is -2.17. The zero-order valence-corrected chi connectivity index (χ0v) is 12.8. The van der Waals surface area contributed by atoms with Gasteiger partial charge in [0.15, 0.2) is 0 Å². The molecule has 0 amide bonds. The average molecular weight is 332 g/mol. The van der Waals surface area contributed by atoms with Crippen LogP contribution < -0.4 is 5.32 Å². The second kappa shape index (κ2) is 5.20. The van der Waals surface area contributed by atoms with E-state index < -0.39 is 0 Å². The highest BCUT2D eigenvalue weighted by molar-refractivity contribution is 9.10. The van der Waals surface area contributed by atoms with Crippen LogP contribution in [0.1, 0.15) is 24.2 Å². The zero-order chi connectivity index (χ0) is 14.1. The van der Waals surface area contributed by atoms with Gasteiger partial charge < -0.3 is 5.32 Å². The van der Waals surface area contributed by atoms with Gasteiger partial charge in [-0.3, -0.25) is 0 Å². The van der Waals surface area contributed by atoms with Crippen molar-refractivity contribution in [3.8, 4) is 0 Å². The normalized spacial score (nSPS) is 12.6. The van der Waals surface area contributed by atoms with Crippen molar-refractivity contribution >= 4 is 27.5 Å². The summed E-state index contributed by atoms with van der Waals surface area (Å²) < 4.78 is 2.79. The van der Waals surface area contributed by atoms with Crippen LogP contribution in [0.25, 0.3) is 5.78 Å². The second-order valence-corrected chi connectivity index (χ2v) is 5.50. The summed E-state index contributed by atoms with van der Waals surface area (Å²) in [6.07, 6.45) is 1.51. The number of halogens is 1. The Labute approximate surface area is 125 Å². The predicted molar refractivity (Wildman–Crippen MR) is 81.7 cm³/mol. The molecule has 1 aromatic carbocycles. The number of benzene rings is 1. The lowest BCUT2D eigenvalue weighted by Crippen LogP contribution is -2.11. The maximum atomic E-state index is 4.33. The highest BCUT2D eigenvalue weighted by Gasteiger charge is 2.12. The van der Waals surface area contributed by atoms with Crippen LogP contribution in [0.5, 0.6) is 0 Å². The lowest BCUT2D eigenvalue weighted by molar-refractivity contribution is 0.834. The molecule has 3 rings (SSSR count). The summed E-state index contributed by atoms with van der Waals surface area (Å²) >= 11 is 3.58. The molecular formula is C14H14BrN5. The van der Waals surface area contributed by atoms with Gasteiger partial charge in [-0.05, 0) is 25.5 Å². The molecule has 1 unspecified atom stereocenters. The highest BCUT2D eigenvalue weighted by Crippen LogP contribution is 2.26. The third-order valence-electron chi connectivity index (χ3n) is 3.12. The van der Waals surface area contributed by atoms with E-state index in [2.05, 4.69) is 49.3 Å². The topological polar surface area (TPSA) is 55.1 Å². The number of rotatable bonds is 3. The summed E-state index contributed by atoms with van der Waals surface area (Å²) in [6.45, 7) is 4.06. The van der Waals surface area contributed by atoms with Crippen LogP contribution in [0.15, 0.2) is 41.1 Å². The standard InChI is InChI=1S/C14H14BrN5/c1-9-7-13(20-14(18-9)16-8-17-20)19-10(2)11-5-3-4-6-12(11)15/h3-8,10,19H,1-2H3. The quantitative estimate of drug-likeness (QED) is 0.799. The fraction of sp³-hybridized carbons (Fsp3) is 0.214. The number of nitrogens with zero attached hydrogens (tertiary/aromatic N) is 4. The van der Waals surface area contributed by atoms with Gasteiger partial charge in [-0.25, -0.2) is 4.98 Å². The van der Waals surface area contributed by atoms with Crippen molar-refractivity contribution < 1.29 is 0 Å². The number of hydrogen-bond donors (Lipinski definition) is 1. The molecule has 5 nitrogen and oxygen atoms in total. The molecule has 6 heteroatoms. The third kappa shape index (κ3) is 2.38. The third-order valence-corrected chi connectivity index (χ3v) is 3.84. The molecular weight excluding hydrogens is 318 g/mol. The van der Waals surface area contributed by atoms with Crippen LogP contribution in [0.4, 0.5) is 5.82 Å². The maximum absolute atomic E-state index is 4.33. The Bertz CT molecular complexity index is 752. The van der Waals surface area contributed by atoms with Crippen molar-refractivity contribution in [3.63, 3.8) is 0 Å². The van der Waals surface area contributed by atoms with Gasteiger partial charge >= 0.3 is 0 Å². The molecule has 0 aliphatic heterocycles. The van der Waals surface area contributed by atoms with Gasteiger partial charge in [-0.15, -0.1) is 0 Å². The van der Waals surface area contributed by atoms with Gasteiger partial charge in [0, 0.05) is 16.2 Å². The Morgan fingerprint density at radius 3 is 2.90 bits per heavy atom. The molecule has 1 atom stereocenters. The minimum absolute atomic E-state index is 0.139. The van der Waals surface area contributed by atoms with E-state index in [-0.39, 0.29) is 6.04 Å². The maximum Gasteiger partial charge on any atom is 0.254 e. The minimum Gasteiger partial charge on any atom is -0.363 e. The Kier molecular flexibility index (Phi) is 3.40. The van der Waals surface area contributed by atoms with E-state index in [4.69, 9.17) is 0 Å². The van der Waals surface area contributed by atoms with Gasteiger partial charge in [-0.1, -0.05) is 34.1 Å². The minimum atomic E-state index is 0.139. The van der Waals surface area contributed by atoms with E-state index in [1.165, 1.54) is 11.9 Å². The van der Waals surface area contributed by atoms with Crippen molar-refractivity contribution in [1.82, 2.24) is 19.6 Å². The Balaban J connectivity index is 1.97. The number of nitrogens with one attached hydrogen (secondary N) is 1. The number of hydrogen-bond acceptors (Lipinski definition) is 4. The zero-order valence-electron chi connectivity index (χ0n) is 11.2. The molecule has 0 saturated heterocycles. The molecule has 2 heterocycles. The van der Waals surface area contributed by atoms with Crippen LogP contribution >= 0.6 is 15.9 Å². The van der Waals surface area contributed by atoms with E-state index in [1.54, 1.807) is 4.52 Å². The molecule has 2 aromatic heterocycles. The van der Waals surface area contributed by atoms with Gasteiger partial charge in [0.05, 0.1) is 6.04 Å². The highest BCUT2D eigenvalue weighted by atomic mass is 79.9. The van der Waals surface area contributed by atoms with Crippen molar-refractivity contribution in [1.29, 1.82) is 0 Å². The van der Waals surface area contributed by atoms with Gasteiger partial charge in [-0.2, -0.15) is 14.6 Å². The summed E-state index contributed by atoms with van der Waals surface area (Å²) in [5.74, 6) is 1.49. The molecule has 0 radical (unpaired) electrons. The van der Waals surface area contributed by atoms with E-state index in [0.29, 0.717) is 5.78 Å². The molecule has 0 spiro atoms. The molecule has 0 aliphatic rings.